The Morgan fingerprint density at radius 3 is 2.53 bits per heavy atom. The van der Waals surface area contributed by atoms with Gasteiger partial charge in [-0.3, -0.25) is 0 Å². The summed E-state index contributed by atoms with van der Waals surface area (Å²) in [5.74, 6) is 1.06. The highest BCUT2D eigenvalue weighted by molar-refractivity contribution is 6.09. The third-order valence-corrected chi connectivity index (χ3v) is 6.75. The van der Waals surface area contributed by atoms with Gasteiger partial charge < -0.3 is 18.6 Å². The summed E-state index contributed by atoms with van der Waals surface area (Å²) in [4.78, 5) is 17.3. The fourth-order valence-electron chi connectivity index (χ4n) is 5.06. The van der Waals surface area contributed by atoms with Gasteiger partial charge in [-0.15, -0.1) is 0 Å². The van der Waals surface area contributed by atoms with Crippen molar-refractivity contribution in [1.82, 2.24) is 14.1 Å². The molecule has 0 saturated carbocycles. The van der Waals surface area contributed by atoms with Crippen molar-refractivity contribution in [3.05, 3.63) is 66.2 Å². The van der Waals surface area contributed by atoms with Crippen LogP contribution in [-0.4, -0.2) is 39.9 Å². The number of para-hydroxylation sites is 1. The molecular weight excluding hydrogens is 426 g/mol. The molecule has 6 rings (SSSR count). The highest BCUT2D eigenvalue weighted by Gasteiger charge is 2.23. The van der Waals surface area contributed by atoms with Crippen LogP contribution in [0.15, 0.2) is 60.7 Å². The number of aryl methyl sites for hydroxylation is 1. The topological polar surface area (TPSA) is 58.3 Å². The quantitative estimate of drug-likeness (QED) is 0.312. The average molecular weight is 454 g/mol. The van der Waals surface area contributed by atoms with Crippen LogP contribution in [0.25, 0.3) is 44.2 Å². The van der Waals surface area contributed by atoms with Crippen LogP contribution in [0.3, 0.4) is 0 Å². The molecule has 5 aromatic rings. The maximum atomic E-state index is 12.3. The molecule has 0 amide bonds. The Bertz CT molecular complexity index is 1540. The van der Waals surface area contributed by atoms with E-state index in [4.69, 9.17) is 14.5 Å². The number of aromatic nitrogens is 3. The van der Waals surface area contributed by atoms with E-state index in [-0.39, 0.29) is 5.97 Å². The molecule has 34 heavy (non-hydrogen) atoms. The summed E-state index contributed by atoms with van der Waals surface area (Å²) in [6, 6.07) is 20.8. The normalized spacial score (nSPS) is 14.2. The van der Waals surface area contributed by atoms with E-state index < -0.39 is 0 Å². The largest absolute Gasteiger partial charge is 0.462 e. The number of benzene rings is 3. The van der Waals surface area contributed by atoms with Gasteiger partial charge in [0.1, 0.15) is 5.82 Å². The standard InChI is InChI=1S/C28H27N3O3/c1-3-30-24-8-6-5-7-21(24)22-13-19(9-11-25(22)30)27-29-23-14-20(28(32)34-4-2)10-12-26(23)31(27)15-18-16-33-17-18/h5-14,18H,3-4,15-17H2,1-2H3. The molecule has 2 aromatic heterocycles. The smallest absolute Gasteiger partial charge is 0.338 e. The predicted octanol–water partition coefficient (Wildman–Crippen LogP) is 5.65. The van der Waals surface area contributed by atoms with Gasteiger partial charge >= 0.3 is 5.97 Å². The van der Waals surface area contributed by atoms with Gasteiger partial charge in [0.05, 0.1) is 36.4 Å². The highest BCUT2D eigenvalue weighted by atomic mass is 16.5. The molecular formula is C28H27N3O3. The molecule has 0 bridgehead atoms. The Kier molecular flexibility index (Phi) is 5.11. The summed E-state index contributed by atoms with van der Waals surface area (Å²) < 4.78 is 15.3. The lowest BCUT2D eigenvalue weighted by Gasteiger charge is -2.27. The van der Waals surface area contributed by atoms with Crippen molar-refractivity contribution in [3.63, 3.8) is 0 Å². The molecule has 6 heteroatoms. The third kappa shape index (κ3) is 3.29. The van der Waals surface area contributed by atoms with Gasteiger partial charge in [-0.25, -0.2) is 9.78 Å². The molecule has 1 aliphatic heterocycles. The molecule has 1 saturated heterocycles. The Hall–Kier alpha value is -3.64. The van der Waals surface area contributed by atoms with E-state index in [9.17, 15) is 4.79 Å². The first-order valence-corrected chi connectivity index (χ1v) is 11.9. The number of carbonyl (C=O) groups excluding carboxylic acids is 1. The van der Waals surface area contributed by atoms with Gasteiger partial charge in [-0.1, -0.05) is 18.2 Å². The molecule has 1 aliphatic rings. The van der Waals surface area contributed by atoms with E-state index in [1.165, 1.54) is 21.8 Å². The van der Waals surface area contributed by atoms with Crippen LogP contribution in [0.2, 0.25) is 0 Å². The van der Waals surface area contributed by atoms with E-state index >= 15 is 0 Å². The number of fused-ring (bicyclic) bond motifs is 4. The summed E-state index contributed by atoms with van der Waals surface area (Å²) in [5.41, 5.74) is 5.89. The van der Waals surface area contributed by atoms with Gasteiger partial charge in [-0.05, 0) is 56.3 Å². The lowest BCUT2D eigenvalue weighted by Crippen LogP contribution is -2.31. The first-order chi connectivity index (χ1) is 16.7. The molecule has 0 radical (unpaired) electrons. The Morgan fingerprint density at radius 1 is 0.971 bits per heavy atom. The number of hydrogen-bond acceptors (Lipinski definition) is 4. The minimum atomic E-state index is -0.318. The van der Waals surface area contributed by atoms with Crippen molar-refractivity contribution < 1.29 is 14.3 Å². The Labute approximate surface area is 197 Å². The van der Waals surface area contributed by atoms with Crippen LogP contribution in [-0.2, 0) is 22.6 Å². The SMILES string of the molecule is CCOC(=O)c1ccc2c(c1)nc(-c1ccc3c(c1)c1ccccc1n3CC)n2CC1COC1. The van der Waals surface area contributed by atoms with Crippen molar-refractivity contribution >= 4 is 38.8 Å². The summed E-state index contributed by atoms with van der Waals surface area (Å²) in [5, 5.41) is 2.48. The fourth-order valence-corrected chi connectivity index (χ4v) is 5.06. The second-order valence-corrected chi connectivity index (χ2v) is 8.87. The summed E-state index contributed by atoms with van der Waals surface area (Å²) in [6.07, 6.45) is 0. The van der Waals surface area contributed by atoms with Crippen molar-refractivity contribution in [2.45, 2.75) is 26.9 Å². The average Bonchev–Trinajstić information content (AvgIpc) is 3.35. The molecule has 1 fully saturated rings. The molecule has 0 spiro atoms. The Balaban J connectivity index is 1.54. The van der Waals surface area contributed by atoms with Gasteiger partial charge in [0.15, 0.2) is 0 Å². The Morgan fingerprint density at radius 2 is 1.76 bits per heavy atom. The number of carbonyl (C=O) groups is 1. The van der Waals surface area contributed by atoms with Gasteiger partial charge in [-0.2, -0.15) is 0 Å². The highest BCUT2D eigenvalue weighted by Crippen LogP contribution is 2.34. The van der Waals surface area contributed by atoms with E-state index in [0.29, 0.717) is 18.1 Å². The second-order valence-electron chi connectivity index (χ2n) is 8.87. The molecule has 0 N–H and O–H groups in total. The second kappa shape index (κ2) is 8.29. The minimum absolute atomic E-state index is 0.318. The van der Waals surface area contributed by atoms with E-state index in [1.807, 2.05) is 25.1 Å². The lowest BCUT2D eigenvalue weighted by atomic mass is 10.1. The van der Waals surface area contributed by atoms with Crippen LogP contribution in [0.1, 0.15) is 24.2 Å². The summed E-state index contributed by atoms with van der Waals surface area (Å²) in [7, 11) is 0. The zero-order valence-electron chi connectivity index (χ0n) is 19.5. The number of nitrogens with zero attached hydrogens (tertiary/aromatic N) is 3. The monoisotopic (exact) mass is 453 g/mol. The zero-order chi connectivity index (χ0) is 23.2. The van der Waals surface area contributed by atoms with Gasteiger partial charge in [0, 0.05) is 46.4 Å². The van der Waals surface area contributed by atoms with E-state index in [2.05, 4.69) is 58.5 Å². The van der Waals surface area contributed by atoms with Crippen molar-refractivity contribution in [2.24, 2.45) is 5.92 Å². The number of rotatable bonds is 6. The van der Waals surface area contributed by atoms with Crippen LogP contribution < -0.4 is 0 Å². The van der Waals surface area contributed by atoms with Crippen LogP contribution in [0.5, 0.6) is 0 Å². The molecule has 6 nitrogen and oxygen atoms in total. The number of esters is 1. The molecule has 172 valence electrons. The van der Waals surface area contributed by atoms with Crippen LogP contribution >= 0.6 is 0 Å². The lowest BCUT2D eigenvalue weighted by molar-refractivity contribution is -0.0387. The maximum absolute atomic E-state index is 12.3. The molecule has 0 atom stereocenters. The molecule has 0 aliphatic carbocycles. The first-order valence-electron chi connectivity index (χ1n) is 11.9. The van der Waals surface area contributed by atoms with Crippen molar-refractivity contribution in [2.75, 3.05) is 19.8 Å². The number of ether oxygens (including phenoxy) is 2. The fraction of sp³-hybridized carbons (Fsp3) is 0.286. The van der Waals surface area contributed by atoms with E-state index in [1.54, 1.807) is 0 Å². The van der Waals surface area contributed by atoms with E-state index in [0.717, 1.165) is 48.7 Å². The third-order valence-electron chi connectivity index (χ3n) is 6.75. The zero-order valence-corrected chi connectivity index (χ0v) is 19.5. The minimum Gasteiger partial charge on any atom is -0.462 e. The maximum Gasteiger partial charge on any atom is 0.338 e. The van der Waals surface area contributed by atoms with Crippen LogP contribution in [0, 0.1) is 5.92 Å². The van der Waals surface area contributed by atoms with Crippen molar-refractivity contribution in [1.29, 1.82) is 0 Å². The summed E-state index contributed by atoms with van der Waals surface area (Å²) in [6.45, 7) is 7.63. The van der Waals surface area contributed by atoms with Gasteiger partial charge in [0.2, 0.25) is 0 Å². The predicted molar refractivity (Wildman–Crippen MR) is 134 cm³/mol. The molecule has 3 aromatic carbocycles. The van der Waals surface area contributed by atoms with Gasteiger partial charge in [0.25, 0.3) is 0 Å². The molecule has 3 heterocycles. The van der Waals surface area contributed by atoms with Crippen LogP contribution in [0.4, 0.5) is 0 Å². The number of imidazole rings is 1. The first kappa shape index (κ1) is 20.9. The summed E-state index contributed by atoms with van der Waals surface area (Å²) >= 11 is 0. The van der Waals surface area contributed by atoms with Crippen molar-refractivity contribution in [3.8, 4) is 11.4 Å². The molecule has 0 unspecified atom stereocenters. The number of hydrogen-bond donors (Lipinski definition) is 0.